The third kappa shape index (κ3) is 3.94. The highest BCUT2D eigenvalue weighted by Gasteiger charge is 2.22. The highest BCUT2D eigenvalue weighted by Crippen LogP contribution is 2.33. The van der Waals surface area contributed by atoms with Gasteiger partial charge >= 0.3 is 0 Å². The molecule has 164 valence electrons. The Balaban J connectivity index is 1.44. The maximum Gasteiger partial charge on any atom is 0.227 e. The first-order chi connectivity index (χ1) is 15.7. The fraction of sp³-hybridized carbons (Fsp3) is 0.304. The summed E-state index contributed by atoms with van der Waals surface area (Å²) in [5.41, 5.74) is 3.61. The van der Waals surface area contributed by atoms with Crippen molar-refractivity contribution in [2.45, 2.75) is 18.9 Å². The van der Waals surface area contributed by atoms with E-state index in [-0.39, 0.29) is 0 Å². The molecule has 9 nitrogen and oxygen atoms in total. The maximum atomic E-state index is 5.60. The number of hydrogen-bond donors (Lipinski definition) is 2. The van der Waals surface area contributed by atoms with Crippen molar-refractivity contribution in [3.05, 3.63) is 49.1 Å². The number of pyridine rings is 1. The van der Waals surface area contributed by atoms with Crippen molar-refractivity contribution < 1.29 is 9.47 Å². The van der Waals surface area contributed by atoms with Gasteiger partial charge in [-0.05, 0) is 36.6 Å². The Morgan fingerprint density at radius 1 is 1.06 bits per heavy atom. The predicted molar refractivity (Wildman–Crippen MR) is 123 cm³/mol. The van der Waals surface area contributed by atoms with Gasteiger partial charge in [-0.15, -0.1) is 0 Å². The third-order valence-corrected chi connectivity index (χ3v) is 5.83. The molecule has 0 spiro atoms. The first-order valence-electron chi connectivity index (χ1n) is 10.6. The highest BCUT2D eigenvalue weighted by atomic mass is 16.5. The van der Waals surface area contributed by atoms with Crippen molar-refractivity contribution in [1.82, 2.24) is 25.1 Å². The molecule has 4 aromatic rings. The van der Waals surface area contributed by atoms with Gasteiger partial charge in [-0.25, -0.2) is 15.0 Å². The minimum absolute atomic E-state index is 0.311. The lowest BCUT2D eigenvalue weighted by Crippen LogP contribution is -2.37. The minimum Gasteiger partial charge on any atom is -0.495 e. The summed E-state index contributed by atoms with van der Waals surface area (Å²) in [7, 11) is 3.42. The molecular formula is C23H25N7O2. The van der Waals surface area contributed by atoms with E-state index in [4.69, 9.17) is 14.5 Å². The van der Waals surface area contributed by atoms with E-state index < -0.39 is 0 Å². The van der Waals surface area contributed by atoms with Crippen molar-refractivity contribution in [2.24, 2.45) is 0 Å². The van der Waals surface area contributed by atoms with Gasteiger partial charge in [-0.2, -0.15) is 5.10 Å². The fourth-order valence-corrected chi connectivity index (χ4v) is 4.04. The molecule has 0 bridgehead atoms. The summed E-state index contributed by atoms with van der Waals surface area (Å²) >= 11 is 0. The molecule has 5 rings (SSSR count). The van der Waals surface area contributed by atoms with Gasteiger partial charge in [-0.3, -0.25) is 5.10 Å². The van der Waals surface area contributed by atoms with Crippen LogP contribution in [0.1, 0.15) is 12.8 Å². The quantitative estimate of drug-likeness (QED) is 0.476. The number of fused-ring (bicyclic) bond motifs is 1. The molecule has 4 heterocycles. The van der Waals surface area contributed by atoms with Crippen LogP contribution >= 0.6 is 0 Å². The second-order valence-corrected chi connectivity index (χ2v) is 7.72. The highest BCUT2D eigenvalue weighted by molar-refractivity contribution is 5.89. The topological polar surface area (TPSA) is 101 Å². The molecule has 3 aromatic heterocycles. The minimum atomic E-state index is 0.311. The molecule has 0 amide bonds. The zero-order chi connectivity index (χ0) is 21.9. The number of aromatic amines is 1. The van der Waals surface area contributed by atoms with E-state index in [1.54, 1.807) is 20.4 Å². The standard InChI is InChI=1S/C23H25N7O2/c1-31-18-6-9-30(10-7-18)22-21-16(5-8-24-22)12-25-23(29-21)28-19-4-3-15(11-20(19)32-2)17-13-26-27-14-17/h3-5,8,11-14,18H,6-7,9-10H2,1-2H3,(H,26,27)(H,25,28,29). The Labute approximate surface area is 185 Å². The molecule has 1 aromatic carbocycles. The molecule has 2 N–H and O–H groups in total. The summed E-state index contributed by atoms with van der Waals surface area (Å²) in [6.45, 7) is 1.78. The van der Waals surface area contributed by atoms with Crippen LogP contribution in [0.2, 0.25) is 0 Å². The molecule has 0 aliphatic carbocycles. The average molecular weight is 432 g/mol. The predicted octanol–water partition coefficient (Wildman–Crippen LogP) is 3.78. The molecule has 9 heteroatoms. The number of methoxy groups -OCH3 is 2. The summed E-state index contributed by atoms with van der Waals surface area (Å²) in [5.74, 6) is 2.07. The monoisotopic (exact) mass is 431 g/mol. The molecule has 1 aliphatic heterocycles. The second-order valence-electron chi connectivity index (χ2n) is 7.72. The summed E-state index contributed by atoms with van der Waals surface area (Å²) in [4.78, 5) is 16.2. The number of aromatic nitrogens is 5. The first-order valence-corrected chi connectivity index (χ1v) is 10.6. The van der Waals surface area contributed by atoms with Crippen LogP contribution in [-0.2, 0) is 4.74 Å². The lowest BCUT2D eigenvalue weighted by Gasteiger charge is -2.32. The number of anilines is 3. The van der Waals surface area contributed by atoms with E-state index in [1.807, 2.05) is 42.9 Å². The van der Waals surface area contributed by atoms with Crippen LogP contribution in [0.4, 0.5) is 17.5 Å². The van der Waals surface area contributed by atoms with Crippen molar-refractivity contribution >= 4 is 28.4 Å². The van der Waals surface area contributed by atoms with Crippen LogP contribution in [0.3, 0.4) is 0 Å². The Morgan fingerprint density at radius 3 is 2.69 bits per heavy atom. The zero-order valence-corrected chi connectivity index (χ0v) is 18.1. The van der Waals surface area contributed by atoms with Crippen molar-refractivity contribution in [1.29, 1.82) is 0 Å². The Bertz CT molecular complexity index is 1200. The number of H-pyrrole nitrogens is 1. The number of piperidine rings is 1. The number of hydrogen-bond acceptors (Lipinski definition) is 8. The molecule has 1 fully saturated rings. The molecule has 0 radical (unpaired) electrons. The maximum absolute atomic E-state index is 5.60. The van der Waals surface area contributed by atoms with Gasteiger partial charge in [0.05, 0.1) is 25.1 Å². The van der Waals surface area contributed by atoms with Crippen molar-refractivity contribution in [3.8, 4) is 16.9 Å². The Hall–Kier alpha value is -3.72. The molecular weight excluding hydrogens is 406 g/mol. The molecule has 0 saturated carbocycles. The molecule has 1 aliphatic rings. The van der Waals surface area contributed by atoms with Gasteiger partial charge in [0.2, 0.25) is 5.95 Å². The first kappa shape index (κ1) is 20.2. The molecule has 0 unspecified atom stereocenters. The summed E-state index contributed by atoms with van der Waals surface area (Å²) in [6.07, 6.45) is 9.52. The Kier molecular flexibility index (Phi) is 5.55. The van der Waals surface area contributed by atoms with Gasteiger partial charge in [-0.1, -0.05) is 6.07 Å². The number of ether oxygens (including phenoxy) is 2. The van der Waals surface area contributed by atoms with Crippen LogP contribution in [0.15, 0.2) is 49.1 Å². The van der Waals surface area contributed by atoms with E-state index in [0.29, 0.717) is 17.8 Å². The number of nitrogens with zero attached hydrogens (tertiary/aromatic N) is 5. The van der Waals surface area contributed by atoms with Crippen LogP contribution in [0.25, 0.3) is 22.0 Å². The molecule has 1 saturated heterocycles. The number of nitrogens with one attached hydrogen (secondary N) is 2. The summed E-state index contributed by atoms with van der Waals surface area (Å²) in [5, 5.41) is 11.1. The fourth-order valence-electron chi connectivity index (χ4n) is 4.04. The number of benzene rings is 1. The third-order valence-electron chi connectivity index (χ3n) is 5.83. The van der Waals surface area contributed by atoms with Crippen LogP contribution in [-0.4, -0.2) is 58.6 Å². The lowest BCUT2D eigenvalue weighted by atomic mass is 10.1. The van der Waals surface area contributed by atoms with Crippen LogP contribution < -0.4 is 15.0 Å². The molecule has 32 heavy (non-hydrogen) atoms. The normalized spacial score (nSPS) is 14.6. The lowest BCUT2D eigenvalue weighted by molar-refractivity contribution is 0.0818. The van der Waals surface area contributed by atoms with E-state index in [0.717, 1.165) is 59.5 Å². The largest absolute Gasteiger partial charge is 0.495 e. The van der Waals surface area contributed by atoms with Crippen LogP contribution in [0.5, 0.6) is 5.75 Å². The summed E-state index contributed by atoms with van der Waals surface area (Å²) < 4.78 is 11.1. The van der Waals surface area contributed by atoms with Gasteiger partial charge in [0.15, 0.2) is 5.82 Å². The zero-order valence-electron chi connectivity index (χ0n) is 18.1. The van der Waals surface area contributed by atoms with Gasteiger partial charge < -0.3 is 19.7 Å². The van der Waals surface area contributed by atoms with Crippen molar-refractivity contribution in [2.75, 3.05) is 37.5 Å². The number of rotatable bonds is 6. The SMILES string of the molecule is COc1cc(-c2cn[nH]c2)ccc1Nc1ncc2ccnc(N3CCC(OC)CC3)c2n1. The van der Waals surface area contributed by atoms with Gasteiger partial charge in [0.25, 0.3) is 0 Å². The van der Waals surface area contributed by atoms with E-state index in [2.05, 4.69) is 30.4 Å². The van der Waals surface area contributed by atoms with E-state index in [9.17, 15) is 0 Å². The second kappa shape index (κ2) is 8.80. The van der Waals surface area contributed by atoms with Gasteiger partial charge in [0, 0.05) is 49.7 Å². The van der Waals surface area contributed by atoms with E-state index in [1.165, 1.54) is 0 Å². The van der Waals surface area contributed by atoms with Gasteiger partial charge in [0.1, 0.15) is 11.3 Å². The van der Waals surface area contributed by atoms with Crippen molar-refractivity contribution in [3.63, 3.8) is 0 Å². The van der Waals surface area contributed by atoms with Crippen LogP contribution in [0, 0.1) is 0 Å². The smallest absolute Gasteiger partial charge is 0.227 e. The summed E-state index contributed by atoms with van der Waals surface area (Å²) in [6, 6.07) is 7.85. The molecule has 0 atom stereocenters. The van der Waals surface area contributed by atoms with E-state index >= 15 is 0 Å². The Morgan fingerprint density at radius 2 is 1.94 bits per heavy atom. The average Bonchev–Trinajstić information content (AvgIpc) is 3.39.